The second-order valence-corrected chi connectivity index (χ2v) is 8.40. The van der Waals surface area contributed by atoms with E-state index in [-0.39, 0.29) is 0 Å². The minimum atomic E-state index is 0.799. The van der Waals surface area contributed by atoms with Gasteiger partial charge in [0.25, 0.3) is 0 Å². The summed E-state index contributed by atoms with van der Waals surface area (Å²) in [5, 5.41) is 0. The number of ether oxygens (including phenoxy) is 1. The van der Waals surface area contributed by atoms with Crippen molar-refractivity contribution in [1.82, 2.24) is 19.9 Å². The van der Waals surface area contributed by atoms with E-state index in [0.29, 0.717) is 0 Å². The molecule has 4 heterocycles. The fraction of sp³-hybridized carbons (Fsp3) is 0.179. The Balaban J connectivity index is 1.34. The van der Waals surface area contributed by atoms with E-state index >= 15 is 0 Å². The van der Waals surface area contributed by atoms with Gasteiger partial charge in [0.1, 0.15) is 5.75 Å². The molecule has 4 aromatic rings. The van der Waals surface area contributed by atoms with E-state index in [1.54, 1.807) is 7.11 Å². The molecule has 0 bridgehead atoms. The minimum Gasteiger partial charge on any atom is -0.496 e. The lowest BCUT2D eigenvalue weighted by Gasteiger charge is -2.26. The molecular weight excluding hydrogens is 408 g/mol. The lowest BCUT2D eigenvalue weighted by atomic mass is 10.0. The van der Waals surface area contributed by atoms with Gasteiger partial charge in [-0.3, -0.25) is 15.0 Å². The first-order valence-electron chi connectivity index (χ1n) is 11.0. The van der Waals surface area contributed by atoms with Crippen LogP contribution in [0.1, 0.15) is 28.1 Å². The van der Waals surface area contributed by atoms with Crippen LogP contribution in [-0.4, -0.2) is 27.0 Å². The summed E-state index contributed by atoms with van der Waals surface area (Å²) in [6.45, 7) is 5.62. The van der Waals surface area contributed by atoms with Gasteiger partial charge in [-0.2, -0.15) is 0 Å². The monoisotopic (exact) mass is 434 g/mol. The summed E-state index contributed by atoms with van der Waals surface area (Å²) in [5.41, 5.74) is 9.89. The smallest absolute Gasteiger partial charge is 0.127 e. The van der Waals surface area contributed by atoms with Crippen LogP contribution in [0.25, 0.3) is 28.5 Å². The molecule has 0 aliphatic carbocycles. The zero-order valence-corrected chi connectivity index (χ0v) is 19.1. The zero-order valence-electron chi connectivity index (χ0n) is 19.1. The number of hydrogen-bond donors (Lipinski definition) is 0. The summed E-state index contributed by atoms with van der Waals surface area (Å²) in [5.74, 6) is 0.874. The highest BCUT2D eigenvalue weighted by molar-refractivity contribution is 5.71. The van der Waals surface area contributed by atoms with Crippen LogP contribution < -0.4 is 4.74 Å². The van der Waals surface area contributed by atoms with Crippen molar-refractivity contribution in [3.8, 4) is 28.1 Å². The molecule has 0 N–H and O–H groups in total. The largest absolute Gasteiger partial charge is 0.496 e. The fourth-order valence-electron chi connectivity index (χ4n) is 4.24. The van der Waals surface area contributed by atoms with Gasteiger partial charge in [-0.15, -0.1) is 0 Å². The average Bonchev–Trinajstić information content (AvgIpc) is 2.83. The zero-order chi connectivity index (χ0) is 22.8. The Kier molecular flexibility index (Phi) is 5.61. The van der Waals surface area contributed by atoms with Gasteiger partial charge in [-0.05, 0) is 78.6 Å². The standard InChI is InChI=1S/C28H26N4O/c1-19-12-23(6-9-29-19)26-5-4-21(14-28(26)33-3)17-32-11-8-22-15-27(31-16-25(22)18-32)24-7-10-30-20(2)13-24/h4-16H,17-18H2,1-3H3. The molecule has 0 fully saturated rings. The molecule has 0 saturated heterocycles. The predicted molar refractivity (Wildman–Crippen MR) is 131 cm³/mol. The number of rotatable bonds is 5. The van der Waals surface area contributed by atoms with Crippen molar-refractivity contribution in [3.05, 3.63) is 101 Å². The maximum atomic E-state index is 5.72. The molecule has 0 amide bonds. The van der Waals surface area contributed by atoms with Crippen LogP contribution in [0.3, 0.4) is 0 Å². The molecule has 5 heteroatoms. The number of aryl methyl sites for hydroxylation is 2. The molecule has 33 heavy (non-hydrogen) atoms. The van der Waals surface area contributed by atoms with E-state index in [4.69, 9.17) is 9.72 Å². The number of methoxy groups -OCH3 is 1. The minimum absolute atomic E-state index is 0.799. The van der Waals surface area contributed by atoms with Gasteiger partial charge in [-0.25, -0.2) is 0 Å². The Bertz CT molecular complexity index is 1350. The normalized spacial score (nSPS) is 12.5. The maximum absolute atomic E-state index is 5.72. The summed E-state index contributed by atoms with van der Waals surface area (Å²) < 4.78 is 5.72. The topological polar surface area (TPSA) is 51.1 Å². The second kappa shape index (κ2) is 8.87. The summed E-state index contributed by atoms with van der Waals surface area (Å²) in [6, 6.07) is 16.8. The molecule has 5 rings (SSSR count). The van der Waals surface area contributed by atoms with E-state index in [2.05, 4.69) is 63.5 Å². The molecule has 0 atom stereocenters. The van der Waals surface area contributed by atoms with E-state index in [1.807, 2.05) is 44.6 Å². The Hall–Kier alpha value is -3.99. The Labute approximate surface area is 194 Å². The lowest BCUT2D eigenvalue weighted by Crippen LogP contribution is -2.19. The fourth-order valence-corrected chi connectivity index (χ4v) is 4.24. The number of nitrogens with zero attached hydrogens (tertiary/aromatic N) is 4. The summed E-state index contributed by atoms with van der Waals surface area (Å²) in [7, 11) is 1.72. The van der Waals surface area contributed by atoms with Crippen molar-refractivity contribution >= 4 is 6.08 Å². The van der Waals surface area contributed by atoms with Crippen LogP contribution in [0.15, 0.2) is 73.3 Å². The van der Waals surface area contributed by atoms with Crippen LogP contribution >= 0.6 is 0 Å². The highest BCUT2D eigenvalue weighted by Crippen LogP contribution is 2.32. The highest BCUT2D eigenvalue weighted by atomic mass is 16.5. The average molecular weight is 435 g/mol. The Morgan fingerprint density at radius 1 is 0.879 bits per heavy atom. The van der Waals surface area contributed by atoms with Gasteiger partial charge in [0.2, 0.25) is 0 Å². The first-order chi connectivity index (χ1) is 16.1. The van der Waals surface area contributed by atoms with Gasteiger partial charge in [-0.1, -0.05) is 12.1 Å². The molecule has 0 unspecified atom stereocenters. The third kappa shape index (κ3) is 4.48. The molecule has 0 saturated carbocycles. The molecule has 1 aromatic carbocycles. The molecule has 1 aliphatic heterocycles. The van der Waals surface area contributed by atoms with Gasteiger partial charge >= 0.3 is 0 Å². The van der Waals surface area contributed by atoms with E-state index in [1.165, 1.54) is 16.7 Å². The SMILES string of the molecule is COc1cc(CN2C=Cc3cc(-c4ccnc(C)c4)ncc3C2)ccc1-c1ccnc(C)c1. The first-order valence-corrected chi connectivity index (χ1v) is 11.0. The third-order valence-electron chi connectivity index (χ3n) is 5.91. The molecule has 164 valence electrons. The Morgan fingerprint density at radius 2 is 1.64 bits per heavy atom. The molecular formula is C28H26N4O. The highest BCUT2D eigenvalue weighted by Gasteiger charge is 2.15. The van der Waals surface area contributed by atoms with Crippen molar-refractivity contribution in [2.75, 3.05) is 7.11 Å². The van der Waals surface area contributed by atoms with Crippen LogP contribution in [0.5, 0.6) is 5.75 Å². The van der Waals surface area contributed by atoms with Crippen LogP contribution in [0.2, 0.25) is 0 Å². The van der Waals surface area contributed by atoms with Gasteiger partial charge in [0, 0.05) is 60.4 Å². The van der Waals surface area contributed by atoms with Crippen LogP contribution in [-0.2, 0) is 13.1 Å². The van der Waals surface area contributed by atoms with Gasteiger partial charge in [0.15, 0.2) is 0 Å². The molecule has 0 radical (unpaired) electrons. The Morgan fingerprint density at radius 3 is 2.39 bits per heavy atom. The quantitative estimate of drug-likeness (QED) is 0.396. The van der Waals surface area contributed by atoms with Crippen LogP contribution in [0.4, 0.5) is 0 Å². The van der Waals surface area contributed by atoms with Crippen molar-refractivity contribution in [3.63, 3.8) is 0 Å². The lowest BCUT2D eigenvalue weighted by molar-refractivity contribution is 0.357. The van der Waals surface area contributed by atoms with Gasteiger partial charge in [0.05, 0.1) is 12.8 Å². The van der Waals surface area contributed by atoms with E-state index in [0.717, 1.165) is 52.6 Å². The van der Waals surface area contributed by atoms with Crippen molar-refractivity contribution in [2.24, 2.45) is 0 Å². The van der Waals surface area contributed by atoms with Crippen molar-refractivity contribution in [2.45, 2.75) is 26.9 Å². The van der Waals surface area contributed by atoms with E-state index in [9.17, 15) is 0 Å². The molecule has 3 aromatic heterocycles. The summed E-state index contributed by atoms with van der Waals surface area (Å²) >= 11 is 0. The number of benzene rings is 1. The molecule has 5 nitrogen and oxygen atoms in total. The summed E-state index contributed by atoms with van der Waals surface area (Å²) in [4.78, 5) is 15.6. The number of aromatic nitrogens is 3. The molecule has 0 spiro atoms. The molecule has 1 aliphatic rings. The van der Waals surface area contributed by atoms with Crippen LogP contribution in [0, 0.1) is 13.8 Å². The van der Waals surface area contributed by atoms with Crippen molar-refractivity contribution < 1.29 is 4.74 Å². The second-order valence-electron chi connectivity index (χ2n) is 8.40. The number of hydrogen-bond acceptors (Lipinski definition) is 5. The maximum Gasteiger partial charge on any atom is 0.127 e. The first kappa shape index (κ1) is 20.9. The van der Waals surface area contributed by atoms with E-state index < -0.39 is 0 Å². The third-order valence-corrected chi connectivity index (χ3v) is 5.91. The summed E-state index contributed by atoms with van der Waals surface area (Å²) in [6.07, 6.45) is 9.99. The van der Waals surface area contributed by atoms with Gasteiger partial charge < -0.3 is 9.64 Å². The number of pyridine rings is 3. The van der Waals surface area contributed by atoms with Crippen molar-refractivity contribution in [1.29, 1.82) is 0 Å². The predicted octanol–water partition coefficient (Wildman–Crippen LogP) is 5.82. The number of fused-ring (bicyclic) bond motifs is 1.